The zero-order valence-corrected chi connectivity index (χ0v) is 11.8. The van der Waals surface area contributed by atoms with Crippen LogP contribution in [0.15, 0.2) is 18.3 Å². The maximum atomic E-state index is 12.8. The van der Waals surface area contributed by atoms with Gasteiger partial charge in [-0.05, 0) is 48.2 Å². The molecule has 1 atom stereocenters. The predicted molar refractivity (Wildman–Crippen MR) is 70.1 cm³/mol. The van der Waals surface area contributed by atoms with Crippen molar-refractivity contribution in [2.24, 2.45) is 5.92 Å². The van der Waals surface area contributed by atoms with E-state index in [2.05, 4.69) is 15.5 Å². The molecule has 22 heavy (non-hydrogen) atoms. The number of amides is 1. The third-order valence-electron chi connectivity index (χ3n) is 3.84. The first-order valence-electron chi connectivity index (χ1n) is 6.90. The molecule has 1 fully saturated rings. The lowest BCUT2D eigenvalue weighted by atomic mass is 10.1. The van der Waals surface area contributed by atoms with Gasteiger partial charge in [0.25, 0.3) is 5.91 Å². The molecule has 2 aromatic rings. The standard InChI is InChI=1S/C13H14F3N5O/c1-8(9-2-3-9)20(7-13(14,15)16)12(22)10-4-5-11-17-18-19-21(11)6-10/h4-6,8-9H,2-3,7H2,1H3. The summed E-state index contributed by atoms with van der Waals surface area (Å²) in [4.78, 5) is 13.4. The summed E-state index contributed by atoms with van der Waals surface area (Å²) < 4.78 is 39.7. The second kappa shape index (κ2) is 5.22. The molecule has 1 saturated carbocycles. The van der Waals surface area contributed by atoms with Crippen molar-refractivity contribution in [3.05, 3.63) is 23.9 Å². The van der Waals surface area contributed by atoms with Crippen molar-refractivity contribution < 1.29 is 18.0 Å². The first-order chi connectivity index (χ1) is 10.3. The monoisotopic (exact) mass is 313 g/mol. The molecular weight excluding hydrogens is 299 g/mol. The first kappa shape index (κ1) is 14.7. The maximum absolute atomic E-state index is 12.8. The van der Waals surface area contributed by atoms with E-state index in [1.165, 1.54) is 22.8 Å². The van der Waals surface area contributed by atoms with Crippen LogP contribution in [0.4, 0.5) is 13.2 Å². The molecule has 118 valence electrons. The van der Waals surface area contributed by atoms with Crippen molar-refractivity contribution in [3.63, 3.8) is 0 Å². The summed E-state index contributed by atoms with van der Waals surface area (Å²) in [7, 11) is 0. The average molecular weight is 313 g/mol. The van der Waals surface area contributed by atoms with E-state index < -0.39 is 24.7 Å². The minimum Gasteiger partial charge on any atom is -0.327 e. The molecule has 1 aliphatic carbocycles. The summed E-state index contributed by atoms with van der Waals surface area (Å²) in [5, 5.41) is 10.8. The average Bonchev–Trinajstić information content (AvgIpc) is 3.20. The molecule has 1 amide bonds. The van der Waals surface area contributed by atoms with Gasteiger partial charge in [0.1, 0.15) is 6.54 Å². The van der Waals surface area contributed by atoms with E-state index >= 15 is 0 Å². The third kappa shape index (κ3) is 3.02. The van der Waals surface area contributed by atoms with Crippen molar-refractivity contribution in [2.45, 2.75) is 32.0 Å². The summed E-state index contributed by atoms with van der Waals surface area (Å²) >= 11 is 0. The molecular formula is C13H14F3N5O. The molecule has 6 nitrogen and oxygen atoms in total. The van der Waals surface area contributed by atoms with Crippen LogP contribution in [0.3, 0.4) is 0 Å². The Morgan fingerprint density at radius 3 is 2.82 bits per heavy atom. The predicted octanol–water partition coefficient (Wildman–Crippen LogP) is 1.93. The number of nitrogens with zero attached hydrogens (tertiary/aromatic N) is 5. The van der Waals surface area contributed by atoms with Crippen LogP contribution in [-0.2, 0) is 0 Å². The molecule has 2 heterocycles. The molecule has 9 heteroatoms. The van der Waals surface area contributed by atoms with Gasteiger partial charge in [0.05, 0.1) is 5.56 Å². The van der Waals surface area contributed by atoms with Crippen LogP contribution < -0.4 is 0 Å². The van der Waals surface area contributed by atoms with Crippen LogP contribution >= 0.6 is 0 Å². The summed E-state index contributed by atoms with van der Waals surface area (Å²) in [5.74, 6) is -0.516. The smallest absolute Gasteiger partial charge is 0.327 e. The van der Waals surface area contributed by atoms with Gasteiger partial charge in [-0.2, -0.15) is 17.7 Å². The Morgan fingerprint density at radius 2 is 2.18 bits per heavy atom. The van der Waals surface area contributed by atoms with Crippen LogP contribution in [0, 0.1) is 5.92 Å². The van der Waals surface area contributed by atoms with Crippen molar-refractivity contribution in [3.8, 4) is 0 Å². The van der Waals surface area contributed by atoms with Crippen LogP contribution in [-0.4, -0.2) is 49.6 Å². The Balaban J connectivity index is 1.89. The summed E-state index contributed by atoms with van der Waals surface area (Å²) in [6.45, 7) is 0.411. The van der Waals surface area contributed by atoms with Crippen molar-refractivity contribution in [1.82, 2.24) is 24.9 Å². The van der Waals surface area contributed by atoms with E-state index in [0.29, 0.717) is 5.65 Å². The van der Waals surface area contributed by atoms with Gasteiger partial charge in [0, 0.05) is 12.2 Å². The highest BCUT2D eigenvalue weighted by Gasteiger charge is 2.40. The van der Waals surface area contributed by atoms with E-state index in [9.17, 15) is 18.0 Å². The first-order valence-corrected chi connectivity index (χ1v) is 6.90. The molecule has 0 N–H and O–H groups in total. The van der Waals surface area contributed by atoms with Crippen LogP contribution in [0.25, 0.3) is 5.65 Å². The lowest BCUT2D eigenvalue weighted by Gasteiger charge is -2.30. The Kier molecular flexibility index (Phi) is 3.50. The lowest BCUT2D eigenvalue weighted by molar-refractivity contribution is -0.144. The van der Waals surface area contributed by atoms with Crippen LogP contribution in [0.1, 0.15) is 30.1 Å². The molecule has 0 saturated heterocycles. The fraction of sp³-hybridized carbons (Fsp3) is 0.538. The van der Waals surface area contributed by atoms with Crippen molar-refractivity contribution in [1.29, 1.82) is 0 Å². The minimum absolute atomic E-state index is 0.136. The highest BCUT2D eigenvalue weighted by atomic mass is 19.4. The van der Waals surface area contributed by atoms with Gasteiger partial charge in [-0.1, -0.05) is 0 Å². The second-order valence-electron chi connectivity index (χ2n) is 5.53. The molecule has 0 aliphatic heterocycles. The topological polar surface area (TPSA) is 63.4 Å². The van der Waals surface area contributed by atoms with Gasteiger partial charge in [-0.3, -0.25) is 4.79 Å². The number of carbonyl (C=O) groups excluding carboxylic acids is 1. The van der Waals surface area contributed by atoms with E-state index in [-0.39, 0.29) is 11.5 Å². The Bertz CT molecular complexity index is 694. The molecule has 2 aromatic heterocycles. The quantitative estimate of drug-likeness (QED) is 0.865. The highest BCUT2D eigenvalue weighted by molar-refractivity contribution is 5.94. The third-order valence-corrected chi connectivity index (χ3v) is 3.84. The fourth-order valence-electron chi connectivity index (χ4n) is 2.46. The number of halogens is 3. The zero-order valence-electron chi connectivity index (χ0n) is 11.8. The zero-order chi connectivity index (χ0) is 15.9. The Hall–Kier alpha value is -2.19. The second-order valence-corrected chi connectivity index (χ2v) is 5.53. The SMILES string of the molecule is CC(C1CC1)N(CC(F)(F)F)C(=O)c1ccc2nnnn2c1. The molecule has 1 unspecified atom stereocenters. The number of aromatic nitrogens is 4. The van der Waals surface area contributed by atoms with Gasteiger partial charge in [0.2, 0.25) is 0 Å². The number of tetrazole rings is 1. The Morgan fingerprint density at radius 1 is 1.45 bits per heavy atom. The highest BCUT2D eigenvalue weighted by Crippen LogP contribution is 2.36. The Labute approximate surface area is 123 Å². The largest absolute Gasteiger partial charge is 0.406 e. The van der Waals surface area contributed by atoms with Crippen molar-refractivity contribution >= 4 is 11.6 Å². The van der Waals surface area contributed by atoms with E-state index in [0.717, 1.165) is 17.7 Å². The maximum Gasteiger partial charge on any atom is 0.406 e. The van der Waals surface area contributed by atoms with Gasteiger partial charge < -0.3 is 4.90 Å². The van der Waals surface area contributed by atoms with Gasteiger partial charge in [-0.15, -0.1) is 5.10 Å². The number of pyridine rings is 1. The van der Waals surface area contributed by atoms with Crippen molar-refractivity contribution in [2.75, 3.05) is 6.54 Å². The number of alkyl halides is 3. The molecule has 0 aromatic carbocycles. The number of fused-ring (bicyclic) bond motifs is 1. The number of hydrogen-bond donors (Lipinski definition) is 0. The molecule has 0 bridgehead atoms. The lowest BCUT2D eigenvalue weighted by Crippen LogP contribution is -2.45. The van der Waals surface area contributed by atoms with Gasteiger partial charge in [-0.25, -0.2) is 0 Å². The van der Waals surface area contributed by atoms with Gasteiger partial charge in [0.15, 0.2) is 5.65 Å². The van der Waals surface area contributed by atoms with E-state index in [1.807, 2.05) is 0 Å². The number of hydrogen-bond acceptors (Lipinski definition) is 4. The summed E-state index contributed by atoms with van der Waals surface area (Å²) in [6, 6.07) is 2.50. The van der Waals surface area contributed by atoms with E-state index in [1.54, 1.807) is 6.92 Å². The van der Waals surface area contributed by atoms with Crippen LogP contribution in [0.2, 0.25) is 0 Å². The number of rotatable bonds is 4. The molecule has 3 rings (SSSR count). The molecule has 0 radical (unpaired) electrons. The van der Waals surface area contributed by atoms with Crippen LogP contribution in [0.5, 0.6) is 0 Å². The van der Waals surface area contributed by atoms with E-state index in [4.69, 9.17) is 0 Å². The molecule has 0 spiro atoms. The summed E-state index contributed by atoms with van der Waals surface area (Å²) in [5.41, 5.74) is 0.561. The molecule has 1 aliphatic rings. The fourth-order valence-corrected chi connectivity index (χ4v) is 2.46. The summed E-state index contributed by atoms with van der Waals surface area (Å²) in [6.07, 6.45) is -1.37. The number of carbonyl (C=O) groups is 1. The van der Waals surface area contributed by atoms with Gasteiger partial charge >= 0.3 is 6.18 Å². The normalized spacial score (nSPS) is 16.7. The minimum atomic E-state index is -4.43.